The maximum absolute atomic E-state index is 12.7. The highest BCUT2D eigenvalue weighted by Gasteiger charge is 2.35. The van der Waals surface area contributed by atoms with Crippen molar-refractivity contribution in [3.63, 3.8) is 0 Å². The van der Waals surface area contributed by atoms with Crippen LogP contribution in [-0.2, 0) is 4.79 Å². The molecule has 1 aliphatic rings. The first-order valence-corrected chi connectivity index (χ1v) is 8.07. The minimum atomic E-state index is -0.497. The molecule has 5 nitrogen and oxygen atoms in total. The van der Waals surface area contributed by atoms with Crippen molar-refractivity contribution in [2.24, 2.45) is 0 Å². The van der Waals surface area contributed by atoms with E-state index in [1.165, 1.54) is 0 Å². The topological polar surface area (TPSA) is 52.6 Å². The van der Waals surface area contributed by atoms with Gasteiger partial charge in [0, 0.05) is 24.5 Å². The van der Waals surface area contributed by atoms with Crippen molar-refractivity contribution in [2.45, 2.75) is 19.9 Å². The van der Waals surface area contributed by atoms with Crippen LogP contribution in [-0.4, -0.2) is 36.0 Å². The smallest absolute Gasteiger partial charge is 0.311 e. The predicted molar refractivity (Wildman–Crippen MR) is 95.2 cm³/mol. The van der Waals surface area contributed by atoms with Gasteiger partial charge < -0.3 is 15.1 Å². The summed E-state index contributed by atoms with van der Waals surface area (Å²) in [4.78, 5) is 28.5. The Kier molecular flexibility index (Phi) is 4.51. The molecule has 0 bridgehead atoms. The molecule has 0 spiro atoms. The third-order valence-corrected chi connectivity index (χ3v) is 4.25. The zero-order valence-electron chi connectivity index (χ0n) is 13.9. The summed E-state index contributed by atoms with van der Waals surface area (Å²) in [7, 11) is 0. The SMILES string of the molecule is Cc1cccc(N2CCN(C(=O)Nc3ccccc3)C(C)C2=O)c1. The van der Waals surface area contributed by atoms with Crippen LogP contribution in [0.3, 0.4) is 0 Å². The van der Waals surface area contributed by atoms with Gasteiger partial charge in [0.2, 0.25) is 5.91 Å². The van der Waals surface area contributed by atoms with Crippen molar-refractivity contribution < 1.29 is 9.59 Å². The molecule has 0 saturated carbocycles. The molecule has 124 valence electrons. The van der Waals surface area contributed by atoms with E-state index in [4.69, 9.17) is 0 Å². The molecule has 1 atom stereocenters. The zero-order chi connectivity index (χ0) is 17.1. The van der Waals surface area contributed by atoms with Crippen molar-refractivity contribution in [1.82, 2.24) is 4.90 Å². The Bertz CT molecular complexity index is 745. The van der Waals surface area contributed by atoms with Gasteiger partial charge in [-0.3, -0.25) is 4.79 Å². The molecular formula is C19H21N3O2. The minimum absolute atomic E-state index is 0.0601. The number of rotatable bonds is 2. The highest BCUT2D eigenvalue weighted by molar-refractivity contribution is 6.01. The molecule has 1 fully saturated rings. The van der Waals surface area contributed by atoms with E-state index in [-0.39, 0.29) is 11.9 Å². The molecule has 1 heterocycles. The molecule has 24 heavy (non-hydrogen) atoms. The lowest BCUT2D eigenvalue weighted by atomic mass is 10.1. The first-order valence-electron chi connectivity index (χ1n) is 8.07. The van der Waals surface area contributed by atoms with Gasteiger partial charge >= 0.3 is 6.03 Å². The van der Waals surface area contributed by atoms with E-state index in [1.54, 1.807) is 16.7 Å². The maximum atomic E-state index is 12.7. The zero-order valence-corrected chi connectivity index (χ0v) is 13.9. The molecule has 2 aromatic rings. The van der Waals surface area contributed by atoms with Gasteiger partial charge in [0.05, 0.1) is 0 Å². The summed E-state index contributed by atoms with van der Waals surface area (Å²) < 4.78 is 0. The second-order valence-corrected chi connectivity index (χ2v) is 5.99. The number of hydrogen-bond acceptors (Lipinski definition) is 2. The summed E-state index contributed by atoms with van der Waals surface area (Å²) >= 11 is 0. The Morgan fingerprint density at radius 1 is 1.08 bits per heavy atom. The third-order valence-electron chi connectivity index (χ3n) is 4.25. The summed E-state index contributed by atoms with van der Waals surface area (Å²) in [6, 6.07) is 16.4. The third kappa shape index (κ3) is 3.25. The van der Waals surface area contributed by atoms with Crippen molar-refractivity contribution in [1.29, 1.82) is 0 Å². The van der Waals surface area contributed by atoms with E-state index in [0.717, 1.165) is 16.9 Å². The number of hydrogen-bond donors (Lipinski definition) is 1. The highest BCUT2D eigenvalue weighted by atomic mass is 16.2. The van der Waals surface area contributed by atoms with Crippen LogP contribution >= 0.6 is 0 Å². The lowest BCUT2D eigenvalue weighted by molar-refractivity contribution is -0.123. The Morgan fingerprint density at radius 3 is 2.54 bits per heavy atom. The Balaban J connectivity index is 1.71. The van der Waals surface area contributed by atoms with Crippen LogP contribution in [0.2, 0.25) is 0 Å². The average Bonchev–Trinajstić information content (AvgIpc) is 2.58. The quantitative estimate of drug-likeness (QED) is 0.922. The van der Waals surface area contributed by atoms with Crippen molar-refractivity contribution >= 4 is 23.3 Å². The standard InChI is InChI=1S/C19H21N3O2/c1-14-7-6-10-17(13-14)22-12-11-21(15(2)18(22)23)19(24)20-16-8-4-3-5-9-16/h3-10,13,15H,11-12H2,1-2H3,(H,20,24). The van der Waals surface area contributed by atoms with Crippen LogP contribution < -0.4 is 10.2 Å². The summed E-state index contributed by atoms with van der Waals surface area (Å²) in [6.45, 7) is 4.77. The second-order valence-electron chi connectivity index (χ2n) is 5.99. The van der Waals surface area contributed by atoms with Crippen LogP contribution in [0.4, 0.5) is 16.2 Å². The van der Waals surface area contributed by atoms with Crippen molar-refractivity contribution in [2.75, 3.05) is 23.3 Å². The van der Waals surface area contributed by atoms with Gasteiger partial charge in [0.15, 0.2) is 0 Å². The number of benzene rings is 2. The van der Waals surface area contributed by atoms with Gasteiger partial charge in [-0.1, -0.05) is 30.3 Å². The van der Waals surface area contributed by atoms with Gasteiger partial charge in [-0.25, -0.2) is 4.79 Å². The monoisotopic (exact) mass is 323 g/mol. The molecule has 1 saturated heterocycles. The number of nitrogens with one attached hydrogen (secondary N) is 1. The maximum Gasteiger partial charge on any atom is 0.322 e. The normalized spacial score (nSPS) is 17.8. The second kappa shape index (κ2) is 6.74. The first-order chi connectivity index (χ1) is 11.6. The summed E-state index contributed by atoms with van der Waals surface area (Å²) in [5, 5.41) is 2.84. The van der Waals surface area contributed by atoms with E-state index in [2.05, 4.69) is 5.32 Å². The van der Waals surface area contributed by atoms with Gasteiger partial charge in [-0.2, -0.15) is 0 Å². The summed E-state index contributed by atoms with van der Waals surface area (Å²) in [5.41, 5.74) is 2.72. The fourth-order valence-electron chi connectivity index (χ4n) is 2.92. The molecule has 1 N–H and O–H groups in total. The molecule has 3 amide bonds. The predicted octanol–water partition coefficient (Wildman–Crippen LogP) is 3.26. The highest BCUT2D eigenvalue weighted by Crippen LogP contribution is 2.22. The van der Waals surface area contributed by atoms with E-state index in [9.17, 15) is 9.59 Å². The molecule has 0 radical (unpaired) electrons. The number of piperazine rings is 1. The minimum Gasteiger partial charge on any atom is -0.311 e. The lowest BCUT2D eigenvalue weighted by Crippen LogP contribution is -2.58. The summed E-state index contributed by atoms with van der Waals surface area (Å²) in [6.07, 6.45) is 0. The van der Waals surface area contributed by atoms with Crippen molar-refractivity contribution in [3.8, 4) is 0 Å². The number of carbonyl (C=O) groups is 2. The number of para-hydroxylation sites is 1. The number of carbonyl (C=O) groups excluding carboxylic acids is 2. The van der Waals surface area contributed by atoms with Crippen LogP contribution in [0.5, 0.6) is 0 Å². The average molecular weight is 323 g/mol. The Hall–Kier alpha value is -2.82. The lowest BCUT2D eigenvalue weighted by Gasteiger charge is -2.39. The molecule has 1 aliphatic heterocycles. The number of nitrogens with zero attached hydrogens (tertiary/aromatic N) is 2. The Morgan fingerprint density at radius 2 is 1.83 bits per heavy atom. The molecule has 2 aromatic carbocycles. The molecule has 0 aromatic heterocycles. The van der Waals surface area contributed by atoms with Crippen LogP contribution in [0, 0.1) is 6.92 Å². The van der Waals surface area contributed by atoms with Gasteiger partial charge in [0.1, 0.15) is 6.04 Å². The van der Waals surface area contributed by atoms with Crippen molar-refractivity contribution in [3.05, 3.63) is 60.2 Å². The van der Waals surface area contributed by atoms with E-state index in [1.807, 2.05) is 61.5 Å². The number of anilines is 2. The molecule has 5 heteroatoms. The van der Waals surface area contributed by atoms with Gasteiger partial charge in [0.25, 0.3) is 0 Å². The first kappa shape index (κ1) is 16.1. The van der Waals surface area contributed by atoms with Crippen LogP contribution in [0.15, 0.2) is 54.6 Å². The fraction of sp³-hybridized carbons (Fsp3) is 0.263. The number of amides is 3. The van der Waals surface area contributed by atoms with Crippen LogP contribution in [0.1, 0.15) is 12.5 Å². The molecule has 0 aliphatic carbocycles. The Labute approximate surface area is 141 Å². The number of aryl methyl sites for hydroxylation is 1. The molecular weight excluding hydrogens is 302 g/mol. The molecule has 3 rings (SSSR count). The largest absolute Gasteiger partial charge is 0.322 e. The number of urea groups is 1. The van der Waals surface area contributed by atoms with Gasteiger partial charge in [-0.05, 0) is 43.7 Å². The van der Waals surface area contributed by atoms with E-state index in [0.29, 0.717) is 13.1 Å². The van der Waals surface area contributed by atoms with Crippen LogP contribution in [0.25, 0.3) is 0 Å². The fourth-order valence-corrected chi connectivity index (χ4v) is 2.92. The van der Waals surface area contributed by atoms with E-state index < -0.39 is 6.04 Å². The molecule has 1 unspecified atom stereocenters. The van der Waals surface area contributed by atoms with E-state index >= 15 is 0 Å². The van der Waals surface area contributed by atoms with Gasteiger partial charge in [-0.15, -0.1) is 0 Å². The summed E-state index contributed by atoms with van der Waals surface area (Å²) in [5.74, 6) is -0.0601.